The number of likely N-dealkylation sites (N-methyl/N-ethyl adjacent to an activating group) is 1. The topological polar surface area (TPSA) is 85.8 Å². The molecule has 26 heavy (non-hydrogen) atoms. The average molecular weight is 540 g/mol. The van der Waals surface area contributed by atoms with Crippen molar-refractivity contribution in [2.75, 3.05) is 39.0 Å². The van der Waals surface area contributed by atoms with Gasteiger partial charge >= 0.3 is 0 Å². The number of amides is 2. The first-order valence-corrected chi connectivity index (χ1v) is 8.91. The van der Waals surface area contributed by atoms with E-state index in [-0.39, 0.29) is 42.3 Å². The molecule has 1 aromatic carbocycles. The van der Waals surface area contributed by atoms with Crippen LogP contribution in [-0.4, -0.2) is 56.4 Å². The van der Waals surface area contributed by atoms with Gasteiger partial charge in [0.25, 0.3) is 0 Å². The molecule has 9 heteroatoms. The normalized spacial score (nSPS) is 10.6. The van der Waals surface area contributed by atoms with Crippen LogP contribution >= 0.6 is 39.9 Å². The minimum Gasteiger partial charge on any atom is -0.357 e. The van der Waals surface area contributed by atoms with Gasteiger partial charge < -0.3 is 20.9 Å². The Hall–Kier alpha value is -1.36. The van der Waals surface area contributed by atoms with Crippen LogP contribution in [0.4, 0.5) is 5.69 Å². The van der Waals surface area contributed by atoms with Gasteiger partial charge in [0.2, 0.25) is 11.8 Å². The van der Waals surface area contributed by atoms with Gasteiger partial charge in [-0.3, -0.25) is 9.59 Å². The molecule has 0 aliphatic heterocycles. The number of benzene rings is 1. The molecule has 3 N–H and O–H groups in total. The lowest BCUT2D eigenvalue weighted by molar-refractivity contribution is -0.127. The molecule has 0 bridgehead atoms. The lowest BCUT2D eigenvalue weighted by atomic mass is 10.2. The van der Waals surface area contributed by atoms with Gasteiger partial charge in [-0.25, -0.2) is 4.99 Å². The predicted molar refractivity (Wildman–Crippen MR) is 120 cm³/mol. The van der Waals surface area contributed by atoms with Crippen LogP contribution in [0.2, 0.25) is 0 Å². The van der Waals surface area contributed by atoms with Crippen LogP contribution in [0, 0.1) is 6.92 Å². The summed E-state index contributed by atoms with van der Waals surface area (Å²) in [6.07, 6.45) is 0.293. The van der Waals surface area contributed by atoms with Gasteiger partial charge in [0.15, 0.2) is 5.96 Å². The number of rotatable bonds is 7. The van der Waals surface area contributed by atoms with E-state index in [0.29, 0.717) is 25.5 Å². The maximum absolute atomic E-state index is 12.1. The van der Waals surface area contributed by atoms with Crippen molar-refractivity contribution < 1.29 is 9.59 Å². The van der Waals surface area contributed by atoms with E-state index in [2.05, 4.69) is 36.9 Å². The number of anilines is 1. The maximum atomic E-state index is 12.1. The third-order valence-electron chi connectivity index (χ3n) is 3.32. The summed E-state index contributed by atoms with van der Waals surface area (Å²) in [4.78, 5) is 29.3. The van der Waals surface area contributed by atoms with Crippen LogP contribution in [0.3, 0.4) is 0 Å². The van der Waals surface area contributed by atoms with Crippen LogP contribution in [0.1, 0.15) is 18.9 Å². The minimum absolute atomic E-state index is 0. The number of guanidine groups is 1. The van der Waals surface area contributed by atoms with Gasteiger partial charge in [-0.1, -0.05) is 15.9 Å². The van der Waals surface area contributed by atoms with Gasteiger partial charge in [-0.15, -0.1) is 24.0 Å². The number of carbonyl (C=O) groups excluding carboxylic acids is 2. The fraction of sp³-hybridized carbons (Fsp3) is 0.471. The Morgan fingerprint density at radius 3 is 2.50 bits per heavy atom. The summed E-state index contributed by atoms with van der Waals surface area (Å²) >= 11 is 3.40. The van der Waals surface area contributed by atoms with Crippen molar-refractivity contribution in [1.29, 1.82) is 0 Å². The van der Waals surface area contributed by atoms with E-state index in [9.17, 15) is 9.59 Å². The summed E-state index contributed by atoms with van der Waals surface area (Å²) in [5.41, 5.74) is 1.79. The first-order valence-electron chi connectivity index (χ1n) is 8.11. The molecule has 0 saturated heterocycles. The Morgan fingerprint density at radius 1 is 1.23 bits per heavy atom. The quantitative estimate of drug-likeness (QED) is 0.282. The highest BCUT2D eigenvalue weighted by Gasteiger charge is 2.07. The third-order valence-corrected chi connectivity index (χ3v) is 3.82. The lowest BCUT2D eigenvalue weighted by Gasteiger charge is -2.13. The molecule has 146 valence electrons. The monoisotopic (exact) mass is 539 g/mol. The summed E-state index contributed by atoms with van der Waals surface area (Å²) in [6.45, 7) is 5.03. The molecular weight excluding hydrogens is 513 g/mol. The zero-order chi connectivity index (χ0) is 18.8. The zero-order valence-corrected chi connectivity index (χ0v) is 19.5. The van der Waals surface area contributed by atoms with Gasteiger partial charge in [0.05, 0.1) is 0 Å². The van der Waals surface area contributed by atoms with E-state index in [1.54, 1.807) is 14.1 Å². The molecular formula is C17H27BrIN5O2. The van der Waals surface area contributed by atoms with Crippen LogP contribution in [-0.2, 0) is 9.59 Å². The number of hydrogen-bond acceptors (Lipinski definition) is 3. The van der Waals surface area contributed by atoms with E-state index < -0.39 is 0 Å². The van der Waals surface area contributed by atoms with Crippen LogP contribution < -0.4 is 16.0 Å². The second-order valence-corrected chi connectivity index (χ2v) is 6.58. The molecule has 0 atom stereocenters. The number of nitrogens with zero attached hydrogens (tertiary/aromatic N) is 2. The van der Waals surface area contributed by atoms with Crippen LogP contribution in [0.15, 0.2) is 27.7 Å². The first-order chi connectivity index (χ1) is 11.8. The number of aliphatic imine (C=N–C) groups is 1. The molecule has 1 aromatic rings. The largest absolute Gasteiger partial charge is 0.357 e. The molecule has 0 spiro atoms. The van der Waals surface area contributed by atoms with E-state index >= 15 is 0 Å². The second-order valence-electron chi connectivity index (χ2n) is 5.67. The Kier molecular flexibility index (Phi) is 12.2. The summed E-state index contributed by atoms with van der Waals surface area (Å²) in [5.74, 6) is 0.351. The zero-order valence-electron chi connectivity index (χ0n) is 15.6. The molecule has 0 saturated carbocycles. The van der Waals surface area contributed by atoms with E-state index in [4.69, 9.17) is 0 Å². The number of carbonyl (C=O) groups is 2. The smallest absolute Gasteiger partial charge is 0.243 e. The molecule has 2 amide bonds. The fourth-order valence-corrected chi connectivity index (χ4v) is 2.38. The molecule has 0 aromatic heterocycles. The Labute approximate surface area is 180 Å². The van der Waals surface area contributed by atoms with E-state index in [0.717, 1.165) is 15.7 Å². The molecule has 0 fully saturated rings. The first kappa shape index (κ1) is 24.6. The molecule has 0 aliphatic carbocycles. The van der Waals surface area contributed by atoms with Crippen LogP contribution in [0.5, 0.6) is 0 Å². The SMILES string of the molecule is CCNC(=NCC(=O)N(C)C)NCCC(=O)Nc1ccc(Br)cc1C.I. The number of aryl methyl sites for hydroxylation is 1. The van der Waals surface area contributed by atoms with Crippen LogP contribution in [0.25, 0.3) is 0 Å². The molecule has 0 unspecified atom stereocenters. The van der Waals surface area contributed by atoms with Crippen molar-refractivity contribution in [2.24, 2.45) is 4.99 Å². The van der Waals surface area contributed by atoms with Crippen molar-refractivity contribution in [3.63, 3.8) is 0 Å². The van der Waals surface area contributed by atoms with Gasteiger partial charge in [-0.05, 0) is 37.6 Å². The molecule has 0 heterocycles. The number of halogens is 2. The fourth-order valence-electron chi connectivity index (χ4n) is 1.90. The third kappa shape index (κ3) is 9.37. The standard InChI is InChI=1S/C17H26BrN5O2.HI/c1-5-19-17(21-11-16(25)23(3)4)20-9-8-15(24)22-14-7-6-13(18)10-12(14)2;/h6-7,10H,5,8-9,11H2,1-4H3,(H,22,24)(H2,19,20,21);1H. The van der Waals surface area contributed by atoms with E-state index in [1.165, 1.54) is 4.90 Å². The second kappa shape index (κ2) is 12.9. The van der Waals surface area contributed by atoms with Crippen molar-refractivity contribution in [3.8, 4) is 0 Å². The minimum atomic E-state index is -0.0851. The molecule has 0 radical (unpaired) electrons. The van der Waals surface area contributed by atoms with Crippen molar-refractivity contribution in [3.05, 3.63) is 28.2 Å². The summed E-state index contributed by atoms with van der Waals surface area (Å²) in [7, 11) is 3.37. The lowest BCUT2D eigenvalue weighted by Crippen LogP contribution is -2.39. The Balaban J connectivity index is 0.00000625. The van der Waals surface area contributed by atoms with Crippen molar-refractivity contribution in [1.82, 2.24) is 15.5 Å². The molecule has 7 nitrogen and oxygen atoms in total. The van der Waals surface area contributed by atoms with Gasteiger partial charge in [0.1, 0.15) is 6.54 Å². The highest BCUT2D eigenvalue weighted by molar-refractivity contribution is 14.0. The predicted octanol–water partition coefficient (Wildman–Crippen LogP) is 2.35. The summed E-state index contributed by atoms with van der Waals surface area (Å²) < 4.78 is 0.975. The van der Waals surface area contributed by atoms with Gasteiger partial charge in [-0.2, -0.15) is 0 Å². The van der Waals surface area contributed by atoms with E-state index in [1.807, 2.05) is 32.0 Å². The highest BCUT2D eigenvalue weighted by atomic mass is 127. The number of hydrogen-bond donors (Lipinski definition) is 3. The highest BCUT2D eigenvalue weighted by Crippen LogP contribution is 2.19. The van der Waals surface area contributed by atoms with Crippen molar-refractivity contribution in [2.45, 2.75) is 20.3 Å². The average Bonchev–Trinajstić information content (AvgIpc) is 2.54. The summed E-state index contributed by atoms with van der Waals surface area (Å²) in [5, 5.41) is 8.99. The summed E-state index contributed by atoms with van der Waals surface area (Å²) in [6, 6.07) is 5.70. The van der Waals surface area contributed by atoms with Crippen molar-refractivity contribution >= 4 is 63.4 Å². The Morgan fingerprint density at radius 2 is 1.92 bits per heavy atom. The number of nitrogens with one attached hydrogen (secondary N) is 3. The maximum Gasteiger partial charge on any atom is 0.243 e. The van der Waals surface area contributed by atoms with Gasteiger partial charge in [0, 0.05) is 43.8 Å². The Bertz CT molecular complexity index is 638. The molecule has 0 aliphatic rings. The molecule has 1 rings (SSSR count).